The first-order chi connectivity index (χ1) is 14.3. The molecule has 0 saturated carbocycles. The molecule has 30 heavy (non-hydrogen) atoms. The largest absolute Gasteiger partial charge is 0.322 e. The van der Waals surface area contributed by atoms with Crippen molar-refractivity contribution >= 4 is 33.4 Å². The van der Waals surface area contributed by atoms with Gasteiger partial charge in [0.1, 0.15) is 0 Å². The second kappa shape index (κ2) is 8.76. The standard InChI is InChI=1S/C21H23N3O5S/c1-3-5-12-24(4-2)30(28,29)16-9-6-14(7-10-16)19(25)22-15-8-11-17-18(13-15)21(27)23-20(17)26/h6-11,13H,3-5,12H2,1-2H3,(H,22,25)(H,23,26,27). The molecular formula is C21H23N3O5S. The summed E-state index contributed by atoms with van der Waals surface area (Å²) < 4.78 is 27.0. The minimum atomic E-state index is -3.62. The van der Waals surface area contributed by atoms with Crippen LogP contribution >= 0.6 is 0 Å². The number of anilines is 1. The van der Waals surface area contributed by atoms with Crippen molar-refractivity contribution in [3.05, 3.63) is 59.2 Å². The van der Waals surface area contributed by atoms with Crippen LogP contribution < -0.4 is 10.6 Å². The van der Waals surface area contributed by atoms with Crippen LogP contribution in [-0.4, -0.2) is 43.5 Å². The van der Waals surface area contributed by atoms with E-state index in [1.165, 1.54) is 46.8 Å². The van der Waals surface area contributed by atoms with Gasteiger partial charge in [0.15, 0.2) is 0 Å². The summed E-state index contributed by atoms with van der Waals surface area (Å²) >= 11 is 0. The highest BCUT2D eigenvalue weighted by atomic mass is 32.2. The number of carbonyl (C=O) groups is 3. The van der Waals surface area contributed by atoms with E-state index in [0.717, 1.165) is 12.8 Å². The Morgan fingerprint density at radius 3 is 2.30 bits per heavy atom. The van der Waals surface area contributed by atoms with Crippen LogP contribution in [0.15, 0.2) is 47.4 Å². The second-order valence-electron chi connectivity index (χ2n) is 6.87. The molecule has 0 spiro atoms. The third-order valence-electron chi connectivity index (χ3n) is 4.86. The van der Waals surface area contributed by atoms with Gasteiger partial charge < -0.3 is 5.32 Å². The van der Waals surface area contributed by atoms with Crippen LogP contribution in [0.2, 0.25) is 0 Å². The number of benzene rings is 2. The van der Waals surface area contributed by atoms with Gasteiger partial charge in [0.2, 0.25) is 10.0 Å². The van der Waals surface area contributed by atoms with Gasteiger partial charge in [0.25, 0.3) is 17.7 Å². The zero-order chi connectivity index (χ0) is 21.9. The fourth-order valence-corrected chi connectivity index (χ4v) is 4.65. The lowest BCUT2D eigenvalue weighted by molar-refractivity contribution is 0.0878. The van der Waals surface area contributed by atoms with Gasteiger partial charge in [-0.1, -0.05) is 20.3 Å². The average molecular weight is 429 g/mol. The number of amides is 3. The highest BCUT2D eigenvalue weighted by molar-refractivity contribution is 7.89. The summed E-state index contributed by atoms with van der Waals surface area (Å²) in [5.41, 5.74) is 1.09. The van der Waals surface area contributed by atoms with Crippen molar-refractivity contribution in [2.24, 2.45) is 0 Å². The Kier molecular flexibility index (Phi) is 6.33. The molecule has 0 unspecified atom stereocenters. The lowest BCUT2D eigenvalue weighted by atomic mass is 10.1. The third kappa shape index (κ3) is 4.27. The Morgan fingerprint density at radius 1 is 1.00 bits per heavy atom. The molecule has 2 N–H and O–H groups in total. The van der Waals surface area contributed by atoms with E-state index in [0.29, 0.717) is 18.8 Å². The van der Waals surface area contributed by atoms with Gasteiger partial charge in [-0.3, -0.25) is 19.7 Å². The zero-order valence-electron chi connectivity index (χ0n) is 16.8. The Labute approximate surface area is 175 Å². The number of carbonyl (C=O) groups excluding carboxylic acids is 3. The fourth-order valence-electron chi connectivity index (χ4n) is 3.16. The van der Waals surface area contributed by atoms with E-state index in [2.05, 4.69) is 10.6 Å². The number of fused-ring (bicyclic) bond motifs is 1. The predicted octanol–water partition coefficient (Wildman–Crippen LogP) is 2.63. The molecular weight excluding hydrogens is 406 g/mol. The molecule has 0 saturated heterocycles. The molecule has 8 nitrogen and oxygen atoms in total. The van der Waals surface area contributed by atoms with E-state index in [1.807, 2.05) is 6.92 Å². The van der Waals surface area contributed by atoms with E-state index >= 15 is 0 Å². The van der Waals surface area contributed by atoms with Crippen LogP contribution in [0.4, 0.5) is 5.69 Å². The quantitative estimate of drug-likeness (QED) is 0.627. The zero-order valence-corrected chi connectivity index (χ0v) is 17.6. The first kappa shape index (κ1) is 21.7. The summed E-state index contributed by atoms with van der Waals surface area (Å²) in [5, 5.41) is 4.84. The van der Waals surface area contributed by atoms with Crippen molar-refractivity contribution in [1.29, 1.82) is 0 Å². The van der Waals surface area contributed by atoms with E-state index in [9.17, 15) is 22.8 Å². The molecule has 9 heteroatoms. The van der Waals surface area contributed by atoms with Crippen LogP contribution in [0.5, 0.6) is 0 Å². The first-order valence-electron chi connectivity index (χ1n) is 9.69. The highest BCUT2D eigenvalue weighted by Crippen LogP contribution is 2.22. The van der Waals surface area contributed by atoms with Crippen molar-refractivity contribution < 1.29 is 22.8 Å². The van der Waals surface area contributed by atoms with Crippen molar-refractivity contribution in [2.75, 3.05) is 18.4 Å². The molecule has 0 radical (unpaired) electrons. The summed E-state index contributed by atoms with van der Waals surface area (Å²) in [7, 11) is -3.62. The summed E-state index contributed by atoms with van der Waals surface area (Å²) in [6, 6.07) is 10.1. The number of unbranched alkanes of at least 4 members (excludes halogenated alkanes) is 1. The monoisotopic (exact) mass is 429 g/mol. The molecule has 2 aromatic carbocycles. The molecule has 0 atom stereocenters. The minimum absolute atomic E-state index is 0.129. The maximum Gasteiger partial charge on any atom is 0.259 e. The number of nitrogens with zero attached hydrogens (tertiary/aromatic N) is 1. The average Bonchev–Trinajstić information content (AvgIpc) is 3.01. The molecule has 0 aromatic heterocycles. The SMILES string of the molecule is CCCCN(CC)S(=O)(=O)c1ccc(C(=O)Nc2ccc3c(c2)C(=O)NC3=O)cc1. The summed E-state index contributed by atoms with van der Waals surface area (Å²) in [5.74, 6) is -1.43. The first-order valence-corrected chi connectivity index (χ1v) is 11.1. The molecule has 1 aliphatic rings. The van der Waals surface area contributed by atoms with Gasteiger partial charge in [0.05, 0.1) is 16.0 Å². The molecule has 0 aliphatic carbocycles. The lowest BCUT2D eigenvalue weighted by Gasteiger charge is -2.20. The predicted molar refractivity (Wildman–Crippen MR) is 112 cm³/mol. The van der Waals surface area contributed by atoms with E-state index < -0.39 is 27.7 Å². The number of nitrogens with one attached hydrogen (secondary N) is 2. The summed E-state index contributed by atoms with van der Waals surface area (Å²) in [6.45, 7) is 4.61. The molecule has 1 aliphatic heterocycles. The second-order valence-corrected chi connectivity index (χ2v) is 8.81. The van der Waals surface area contributed by atoms with Crippen LogP contribution in [0.1, 0.15) is 57.8 Å². The Morgan fingerprint density at radius 2 is 1.67 bits per heavy atom. The lowest BCUT2D eigenvalue weighted by Crippen LogP contribution is -2.31. The van der Waals surface area contributed by atoms with Crippen molar-refractivity contribution in [3.63, 3.8) is 0 Å². The topological polar surface area (TPSA) is 113 Å². The highest BCUT2D eigenvalue weighted by Gasteiger charge is 2.27. The minimum Gasteiger partial charge on any atom is -0.322 e. The van der Waals surface area contributed by atoms with Crippen molar-refractivity contribution in [3.8, 4) is 0 Å². The molecule has 3 rings (SSSR count). The maximum absolute atomic E-state index is 12.8. The van der Waals surface area contributed by atoms with Crippen molar-refractivity contribution in [2.45, 2.75) is 31.6 Å². The van der Waals surface area contributed by atoms with Gasteiger partial charge in [-0.2, -0.15) is 4.31 Å². The number of hydrogen-bond acceptors (Lipinski definition) is 5. The van der Waals surface area contributed by atoms with Gasteiger partial charge in [0, 0.05) is 24.3 Å². The third-order valence-corrected chi connectivity index (χ3v) is 6.85. The van der Waals surface area contributed by atoms with Gasteiger partial charge >= 0.3 is 0 Å². The molecule has 1 heterocycles. The Hall–Kier alpha value is -3.04. The summed E-state index contributed by atoms with van der Waals surface area (Å²) in [4.78, 5) is 36.0. The van der Waals surface area contributed by atoms with Crippen LogP contribution in [0.3, 0.4) is 0 Å². The number of sulfonamides is 1. The number of hydrogen-bond donors (Lipinski definition) is 2. The van der Waals surface area contributed by atoms with Crippen molar-refractivity contribution in [1.82, 2.24) is 9.62 Å². The van der Waals surface area contributed by atoms with Crippen LogP contribution in [0, 0.1) is 0 Å². The van der Waals surface area contributed by atoms with Gasteiger partial charge in [-0.15, -0.1) is 0 Å². The number of rotatable bonds is 8. The molecule has 158 valence electrons. The molecule has 0 bridgehead atoms. The summed E-state index contributed by atoms with van der Waals surface area (Å²) in [6.07, 6.45) is 1.67. The van der Waals surface area contributed by atoms with E-state index in [4.69, 9.17) is 0 Å². The molecule has 3 amide bonds. The Bertz CT molecular complexity index is 1090. The van der Waals surface area contributed by atoms with E-state index in [1.54, 1.807) is 6.92 Å². The fraction of sp³-hybridized carbons (Fsp3) is 0.286. The molecule has 0 fully saturated rings. The smallest absolute Gasteiger partial charge is 0.259 e. The van der Waals surface area contributed by atoms with Gasteiger partial charge in [-0.25, -0.2) is 8.42 Å². The number of imide groups is 1. The van der Waals surface area contributed by atoms with Crippen LogP contribution in [0.25, 0.3) is 0 Å². The Balaban J connectivity index is 1.75. The normalized spacial score (nSPS) is 13.3. The maximum atomic E-state index is 12.8. The van der Waals surface area contributed by atoms with Crippen LogP contribution in [-0.2, 0) is 10.0 Å². The van der Waals surface area contributed by atoms with E-state index in [-0.39, 0.29) is 21.6 Å². The molecule has 2 aromatic rings. The van der Waals surface area contributed by atoms with Gasteiger partial charge in [-0.05, 0) is 48.9 Å².